The fraction of sp³-hybridized carbons (Fsp3) is 0.588. The molecule has 4 heteroatoms. The van der Waals surface area contributed by atoms with Crippen LogP contribution < -0.4 is 10.1 Å². The summed E-state index contributed by atoms with van der Waals surface area (Å²) in [5, 5.41) is 3.57. The molecule has 0 aromatic heterocycles. The zero-order valence-corrected chi connectivity index (χ0v) is 13.5. The first kappa shape index (κ1) is 15.8. The van der Waals surface area contributed by atoms with Crippen molar-refractivity contribution in [3.63, 3.8) is 0 Å². The van der Waals surface area contributed by atoms with Gasteiger partial charge in [-0.1, -0.05) is 12.1 Å². The normalized spacial score (nSPS) is 18.9. The van der Waals surface area contributed by atoms with Crippen LogP contribution in [0.15, 0.2) is 24.3 Å². The molecule has 2 rings (SSSR count). The van der Waals surface area contributed by atoms with Gasteiger partial charge < -0.3 is 15.0 Å². The van der Waals surface area contributed by atoms with Gasteiger partial charge in [0.15, 0.2) is 0 Å². The number of rotatable bonds is 4. The largest absolute Gasteiger partial charge is 0.493 e. The molecule has 1 N–H and O–H groups in total. The van der Waals surface area contributed by atoms with Gasteiger partial charge in [0.05, 0.1) is 12.2 Å². The molecular weight excluding hydrogens is 264 g/mol. The Hall–Kier alpha value is -1.55. The summed E-state index contributed by atoms with van der Waals surface area (Å²) in [5.74, 6) is 0.745. The number of para-hydroxylation sites is 1. The maximum Gasteiger partial charge on any atom is 0.257 e. The van der Waals surface area contributed by atoms with Crippen LogP contribution in [0.3, 0.4) is 0 Å². The summed E-state index contributed by atoms with van der Waals surface area (Å²) in [6.45, 7) is 10.5. The Bertz CT molecular complexity index is 494. The lowest BCUT2D eigenvalue weighted by Crippen LogP contribution is -2.45. The predicted molar refractivity (Wildman–Crippen MR) is 84.8 cm³/mol. The maximum atomic E-state index is 12.7. The summed E-state index contributed by atoms with van der Waals surface area (Å²) < 4.78 is 5.56. The van der Waals surface area contributed by atoms with Gasteiger partial charge in [0.1, 0.15) is 5.75 Å². The first-order valence-electron chi connectivity index (χ1n) is 7.69. The second-order valence-electron chi connectivity index (χ2n) is 6.56. The van der Waals surface area contributed by atoms with E-state index in [2.05, 4.69) is 26.1 Å². The van der Waals surface area contributed by atoms with Gasteiger partial charge in [-0.25, -0.2) is 0 Å². The molecule has 1 aliphatic rings. The monoisotopic (exact) mass is 290 g/mol. The fourth-order valence-electron chi connectivity index (χ4n) is 2.77. The number of benzene rings is 1. The van der Waals surface area contributed by atoms with Gasteiger partial charge in [-0.15, -0.1) is 0 Å². The molecule has 1 aromatic carbocycles. The van der Waals surface area contributed by atoms with Crippen LogP contribution in [0.4, 0.5) is 0 Å². The summed E-state index contributed by atoms with van der Waals surface area (Å²) in [4.78, 5) is 14.6. The van der Waals surface area contributed by atoms with E-state index in [4.69, 9.17) is 4.74 Å². The Morgan fingerprint density at radius 3 is 2.76 bits per heavy atom. The maximum absolute atomic E-state index is 12.7. The van der Waals surface area contributed by atoms with Gasteiger partial charge in [-0.2, -0.15) is 0 Å². The molecule has 0 radical (unpaired) electrons. The second-order valence-corrected chi connectivity index (χ2v) is 6.56. The van der Waals surface area contributed by atoms with Crippen molar-refractivity contribution in [3.8, 4) is 5.75 Å². The van der Waals surface area contributed by atoms with Crippen LogP contribution >= 0.6 is 0 Å². The minimum Gasteiger partial charge on any atom is -0.493 e. The highest BCUT2D eigenvalue weighted by Gasteiger charge is 2.30. The average Bonchev–Trinajstić information content (AvgIpc) is 2.85. The first-order chi connectivity index (χ1) is 9.90. The summed E-state index contributed by atoms with van der Waals surface area (Å²) >= 11 is 0. The van der Waals surface area contributed by atoms with Gasteiger partial charge in [-0.3, -0.25) is 4.79 Å². The standard InChI is InChI=1S/C17H26N2O2/c1-5-21-15-9-7-6-8-14(15)16(20)19-11-10-13(12-19)18-17(2,3)4/h6-9,13,18H,5,10-12H2,1-4H3/t13-/m1/s1. The first-order valence-corrected chi connectivity index (χ1v) is 7.69. The van der Waals surface area contributed by atoms with Crippen LogP contribution in [0.25, 0.3) is 0 Å². The van der Waals surface area contributed by atoms with Gasteiger partial charge in [-0.05, 0) is 46.2 Å². The number of hydrogen-bond acceptors (Lipinski definition) is 3. The van der Waals surface area contributed by atoms with Crippen molar-refractivity contribution in [2.24, 2.45) is 0 Å². The number of carbonyl (C=O) groups is 1. The Morgan fingerprint density at radius 2 is 2.10 bits per heavy atom. The highest BCUT2D eigenvalue weighted by molar-refractivity contribution is 5.97. The third-order valence-corrected chi connectivity index (χ3v) is 3.53. The number of hydrogen-bond donors (Lipinski definition) is 1. The molecule has 1 fully saturated rings. The molecule has 0 saturated carbocycles. The van der Waals surface area contributed by atoms with E-state index in [0.29, 0.717) is 24.0 Å². The molecule has 1 saturated heterocycles. The van der Waals surface area contributed by atoms with Crippen molar-refractivity contribution in [1.29, 1.82) is 0 Å². The smallest absolute Gasteiger partial charge is 0.257 e. The molecule has 1 aromatic rings. The number of nitrogens with zero attached hydrogens (tertiary/aromatic N) is 1. The van der Waals surface area contributed by atoms with Gasteiger partial charge in [0.2, 0.25) is 0 Å². The van der Waals surface area contributed by atoms with E-state index in [1.54, 1.807) is 0 Å². The highest BCUT2D eigenvalue weighted by atomic mass is 16.5. The molecule has 21 heavy (non-hydrogen) atoms. The zero-order valence-electron chi connectivity index (χ0n) is 13.5. The molecule has 1 atom stereocenters. The van der Waals surface area contributed by atoms with E-state index in [0.717, 1.165) is 19.5 Å². The van der Waals surface area contributed by atoms with Crippen molar-refractivity contribution < 1.29 is 9.53 Å². The third-order valence-electron chi connectivity index (χ3n) is 3.53. The highest BCUT2D eigenvalue weighted by Crippen LogP contribution is 2.22. The summed E-state index contributed by atoms with van der Waals surface area (Å²) in [5.41, 5.74) is 0.739. The van der Waals surface area contributed by atoms with Crippen molar-refractivity contribution in [1.82, 2.24) is 10.2 Å². The Kier molecular flexibility index (Phi) is 4.88. The summed E-state index contributed by atoms with van der Waals surface area (Å²) in [6.07, 6.45) is 1.000. The lowest BCUT2D eigenvalue weighted by Gasteiger charge is -2.26. The Balaban J connectivity index is 2.05. The van der Waals surface area contributed by atoms with Crippen LogP contribution in [0.5, 0.6) is 5.75 Å². The van der Waals surface area contributed by atoms with E-state index in [9.17, 15) is 4.79 Å². The number of likely N-dealkylation sites (tertiary alicyclic amines) is 1. The Labute approximate surface area is 127 Å². The molecule has 1 aliphatic heterocycles. The molecule has 4 nitrogen and oxygen atoms in total. The number of amides is 1. The van der Waals surface area contributed by atoms with E-state index < -0.39 is 0 Å². The molecular formula is C17H26N2O2. The molecule has 0 bridgehead atoms. The fourth-order valence-corrected chi connectivity index (χ4v) is 2.77. The van der Waals surface area contributed by atoms with Crippen molar-refractivity contribution in [3.05, 3.63) is 29.8 Å². The number of nitrogens with one attached hydrogen (secondary N) is 1. The second kappa shape index (κ2) is 6.48. The molecule has 0 aliphatic carbocycles. The third kappa shape index (κ3) is 4.21. The van der Waals surface area contributed by atoms with E-state index in [1.165, 1.54) is 0 Å². The summed E-state index contributed by atoms with van der Waals surface area (Å²) in [6, 6.07) is 7.86. The van der Waals surface area contributed by atoms with E-state index in [-0.39, 0.29) is 11.4 Å². The van der Waals surface area contributed by atoms with Crippen LogP contribution in [0.1, 0.15) is 44.5 Å². The number of carbonyl (C=O) groups excluding carboxylic acids is 1. The van der Waals surface area contributed by atoms with Crippen LogP contribution in [-0.4, -0.2) is 42.1 Å². The minimum atomic E-state index is 0.0669. The van der Waals surface area contributed by atoms with Crippen molar-refractivity contribution in [2.75, 3.05) is 19.7 Å². The van der Waals surface area contributed by atoms with Crippen molar-refractivity contribution >= 4 is 5.91 Å². The van der Waals surface area contributed by atoms with Gasteiger partial charge >= 0.3 is 0 Å². The molecule has 0 unspecified atom stereocenters. The van der Waals surface area contributed by atoms with Crippen LogP contribution in [-0.2, 0) is 0 Å². The van der Waals surface area contributed by atoms with Crippen LogP contribution in [0.2, 0.25) is 0 Å². The Morgan fingerprint density at radius 1 is 1.38 bits per heavy atom. The topological polar surface area (TPSA) is 41.6 Å². The van der Waals surface area contributed by atoms with E-state index >= 15 is 0 Å². The molecule has 0 spiro atoms. The minimum absolute atomic E-state index is 0.0669. The van der Waals surface area contributed by atoms with Crippen molar-refractivity contribution in [2.45, 2.75) is 45.7 Å². The van der Waals surface area contributed by atoms with E-state index in [1.807, 2.05) is 36.1 Å². The lowest BCUT2D eigenvalue weighted by molar-refractivity contribution is 0.0783. The zero-order chi connectivity index (χ0) is 15.5. The summed E-state index contributed by atoms with van der Waals surface area (Å²) in [7, 11) is 0. The SMILES string of the molecule is CCOc1ccccc1C(=O)N1CC[C@@H](NC(C)(C)C)C1. The predicted octanol–water partition coefficient (Wildman–Crippen LogP) is 2.69. The van der Waals surface area contributed by atoms with Crippen LogP contribution in [0, 0.1) is 0 Å². The average molecular weight is 290 g/mol. The molecule has 116 valence electrons. The lowest BCUT2D eigenvalue weighted by atomic mass is 10.1. The quantitative estimate of drug-likeness (QED) is 0.927. The van der Waals surface area contributed by atoms with Gasteiger partial charge in [0.25, 0.3) is 5.91 Å². The number of ether oxygens (including phenoxy) is 1. The molecule has 1 amide bonds. The van der Waals surface area contributed by atoms with Gasteiger partial charge in [0, 0.05) is 24.7 Å². The molecule has 1 heterocycles.